The van der Waals surface area contributed by atoms with E-state index in [9.17, 15) is 27.8 Å². The molecular weight excluding hydrogens is 452 g/mol. The molecule has 0 saturated carbocycles. The number of aromatic nitrogens is 4. The molecule has 34 heavy (non-hydrogen) atoms. The van der Waals surface area contributed by atoms with E-state index in [0.29, 0.717) is 16.8 Å². The highest BCUT2D eigenvalue weighted by Crippen LogP contribution is 2.40. The van der Waals surface area contributed by atoms with Gasteiger partial charge >= 0.3 is 6.18 Å². The van der Waals surface area contributed by atoms with Crippen molar-refractivity contribution in [2.24, 2.45) is 0 Å². The maximum absolute atomic E-state index is 13.4. The third-order valence-corrected chi connectivity index (χ3v) is 5.76. The molecule has 0 amide bonds. The minimum absolute atomic E-state index is 0.0903. The Morgan fingerprint density at radius 3 is 2.38 bits per heavy atom. The number of hydrogen-bond acceptors (Lipinski definition) is 5. The molecular formula is C24H22F4N4O2. The van der Waals surface area contributed by atoms with Crippen molar-refractivity contribution in [3.8, 4) is 11.1 Å². The first kappa shape index (κ1) is 23.8. The first-order valence-electron chi connectivity index (χ1n) is 10.6. The van der Waals surface area contributed by atoms with Crippen LogP contribution in [0, 0.1) is 5.82 Å². The van der Waals surface area contributed by atoms with Crippen molar-refractivity contribution in [1.29, 1.82) is 0 Å². The zero-order chi connectivity index (χ0) is 24.7. The van der Waals surface area contributed by atoms with Crippen molar-refractivity contribution >= 4 is 10.9 Å². The van der Waals surface area contributed by atoms with Gasteiger partial charge in [-0.1, -0.05) is 36.4 Å². The first-order valence-corrected chi connectivity index (χ1v) is 10.6. The van der Waals surface area contributed by atoms with Crippen LogP contribution >= 0.6 is 0 Å². The SMILES string of the molecule is CC[C@](O)(c1cn(Cc2ccc3c(-c4ccc(F)cc4)cc([C@H](C)O)nc3c2)nn1)C(F)(F)F. The fraction of sp³-hybridized carbons (Fsp3) is 0.292. The monoisotopic (exact) mass is 474 g/mol. The molecule has 178 valence electrons. The Kier molecular flexibility index (Phi) is 6.13. The summed E-state index contributed by atoms with van der Waals surface area (Å²) < 4.78 is 54.6. The zero-order valence-electron chi connectivity index (χ0n) is 18.4. The molecule has 2 aromatic heterocycles. The number of pyridine rings is 1. The molecule has 0 radical (unpaired) electrons. The van der Waals surface area contributed by atoms with Gasteiger partial charge < -0.3 is 10.2 Å². The van der Waals surface area contributed by atoms with Crippen LogP contribution in [0.5, 0.6) is 0 Å². The van der Waals surface area contributed by atoms with Crippen LogP contribution in [-0.4, -0.2) is 36.4 Å². The van der Waals surface area contributed by atoms with Gasteiger partial charge in [0.25, 0.3) is 0 Å². The number of benzene rings is 2. The lowest BCUT2D eigenvalue weighted by Gasteiger charge is -2.26. The van der Waals surface area contributed by atoms with Crippen molar-refractivity contribution < 1.29 is 27.8 Å². The number of aliphatic hydroxyl groups is 2. The van der Waals surface area contributed by atoms with Crippen LogP contribution in [0.4, 0.5) is 17.6 Å². The van der Waals surface area contributed by atoms with Crippen LogP contribution in [0.1, 0.15) is 43.3 Å². The fourth-order valence-electron chi connectivity index (χ4n) is 3.75. The second kappa shape index (κ2) is 8.77. The average Bonchev–Trinajstić information content (AvgIpc) is 3.26. The molecule has 0 saturated heterocycles. The minimum Gasteiger partial charge on any atom is -0.387 e. The van der Waals surface area contributed by atoms with Gasteiger partial charge in [-0.05, 0) is 54.3 Å². The lowest BCUT2D eigenvalue weighted by Crippen LogP contribution is -2.42. The van der Waals surface area contributed by atoms with Gasteiger partial charge in [-0.15, -0.1) is 5.10 Å². The Morgan fingerprint density at radius 2 is 1.76 bits per heavy atom. The summed E-state index contributed by atoms with van der Waals surface area (Å²) in [7, 11) is 0. The predicted molar refractivity (Wildman–Crippen MR) is 117 cm³/mol. The number of alkyl halides is 3. The van der Waals surface area contributed by atoms with E-state index in [1.807, 2.05) is 0 Å². The second-order valence-electron chi connectivity index (χ2n) is 8.14. The average molecular weight is 474 g/mol. The summed E-state index contributed by atoms with van der Waals surface area (Å²) in [6.45, 7) is 2.89. The van der Waals surface area contributed by atoms with E-state index in [2.05, 4.69) is 15.3 Å². The highest BCUT2D eigenvalue weighted by Gasteiger charge is 2.55. The number of halogens is 4. The standard InChI is InChI=1S/C24H22F4N4O2/c1-3-23(34,24(26,27)28)22-13-32(31-30-22)12-15-4-9-18-19(16-5-7-17(25)8-6-16)11-20(14(2)33)29-21(18)10-15/h4-11,13-14,33-34H,3,12H2,1-2H3/t14-,23-/m0/s1. The molecule has 2 N–H and O–H groups in total. The van der Waals surface area contributed by atoms with E-state index < -0.39 is 30.0 Å². The van der Waals surface area contributed by atoms with Crippen molar-refractivity contribution in [2.75, 3.05) is 0 Å². The molecule has 2 heterocycles. The Bertz CT molecular complexity index is 1320. The molecule has 0 fully saturated rings. The van der Waals surface area contributed by atoms with Crippen LogP contribution < -0.4 is 0 Å². The van der Waals surface area contributed by atoms with Gasteiger partial charge in [0.15, 0.2) is 0 Å². The number of fused-ring (bicyclic) bond motifs is 1. The van der Waals surface area contributed by atoms with Gasteiger partial charge in [0.2, 0.25) is 5.60 Å². The quantitative estimate of drug-likeness (QED) is 0.389. The number of hydrogen-bond donors (Lipinski definition) is 2. The van der Waals surface area contributed by atoms with Crippen LogP contribution in [0.2, 0.25) is 0 Å². The molecule has 2 aromatic carbocycles. The van der Waals surface area contributed by atoms with Gasteiger partial charge in [0, 0.05) is 5.39 Å². The largest absolute Gasteiger partial charge is 0.423 e. The highest BCUT2D eigenvalue weighted by atomic mass is 19.4. The van der Waals surface area contributed by atoms with Gasteiger partial charge in [-0.2, -0.15) is 13.2 Å². The predicted octanol–water partition coefficient (Wildman–Crippen LogP) is 4.89. The Balaban J connectivity index is 1.72. The van der Waals surface area contributed by atoms with Crippen molar-refractivity contribution in [1.82, 2.24) is 20.0 Å². The van der Waals surface area contributed by atoms with Gasteiger partial charge in [0.1, 0.15) is 11.5 Å². The third kappa shape index (κ3) is 4.38. The summed E-state index contributed by atoms with van der Waals surface area (Å²) in [6, 6.07) is 13.0. The summed E-state index contributed by atoms with van der Waals surface area (Å²) in [5, 5.41) is 28.3. The summed E-state index contributed by atoms with van der Waals surface area (Å²) in [6.07, 6.45) is -5.25. The topological polar surface area (TPSA) is 84.1 Å². The summed E-state index contributed by atoms with van der Waals surface area (Å²) >= 11 is 0. The number of nitrogens with zero attached hydrogens (tertiary/aromatic N) is 4. The minimum atomic E-state index is -4.89. The van der Waals surface area contributed by atoms with Crippen molar-refractivity contribution in [3.05, 3.63) is 77.5 Å². The molecule has 6 nitrogen and oxygen atoms in total. The molecule has 10 heteroatoms. The van der Waals surface area contributed by atoms with Gasteiger partial charge in [-0.3, -0.25) is 4.98 Å². The van der Waals surface area contributed by atoms with Crippen LogP contribution in [0.3, 0.4) is 0 Å². The highest BCUT2D eigenvalue weighted by molar-refractivity contribution is 5.95. The smallest absolute Gasteiger partial charge is 0.387 e. The summed E-state index contributed by atoms with van der Waals surface area (Å²) in [5.41, 5.74) is -0.496. The molecule has 0 bridgehead atoms. The normalized spacial score (nSPS) is 14.8. The van der Waals surface area contributed by atoms with E-state index in [-0.39, 0.29) is 12.4 Å². The Hall–Kier alpha value is -3.37. The van der Waals surface area contributed by atoms with Crippen LogP contribution in [-0.2, 0) is 12.1 Å². The summed E-state index contributed by atoms with van der Waals surface area (Å²) in [5.74, 6) is -0.368. The zero-order valence-corrected chi connectivity index (χ0v) is 18.4. The second-order valence-corrected chi connectivity index (χ2v) is 8.14. The lowest BCUT2D eigenvalue weighted by molar-refractivity contribution is -0.269. The van der Waals surface area contributed by atoms with E-state index in [1.165, 1.54) is 23.7 Å². The fourth-order valence-corrected chi connectivity index (χ4v) is 3.75. The molecule has 0 aliphatic rings. The Morgan fingerprint density at radius 1 is 1.06 bits per heavy atom. The molecule has 0 spiro atoms. The lowest BCUT2D eigenvalue weighted by atomic mass is 9.96. The maximum atomic E-state index is 13.4. The van der Waals surface area contributed by atoms with Crippen molar-refractivity contribution in [2.45, 2.75) is 44.7 Å². The van der Waals surface area contributed by atoms with E-state index >= 15 is 0 Å². The summed E-state index contributed by atoms with van der Waals surface area (Å²) in [4.78, 5) is 4.51. The van der Waals surface area contributed by atoms with Gasteiger partial charge in [-0.25, -0.2) is 9.07 Å². The van der Waals surface area contributed by atoms with E-state index in [4.69, 9.17) is 0 Å². The van der Waals surface area contributed by atoms with Crippen molar-refractivity contribution in [3.63, 3.8) is 0 Å². The van der Waals surface area contributed by atoms with Gasteiger partial charge in [0.05, 0.1) is 30.1 Å². The molecule has 0 aliphatic carbocycles. The number of rotatable bonds is 6. The Labute approximate surface area is 192 Å². The number of aliphatic hydroxyl groups excluding tert-OH is 1. The maximum Gasteiger partial charge on any atom is 0.423 e. The van der Waals surface area contributed by atoms with Crippen LogP contribution in [0.25, 0.3) is 22.0 Å². The molecule has 4 aromatic rings. The third-order valence-electron chi connectivity index (χ3n) is 5.76. The molecule has 0 aliphatic heterocycles. The van der Waals surface area contributed by atoms with E-state index in [0.717, 1.165) is 22.7 Å². The molecule has 4 rings (SSSR count). The van der Waals surface area contributed by atoms with E-state index in [1.54, 1.807) is 43.3 Å². The molecule has 0 unspecified atom stereocenters. The van der Waals surface area contributed by atoms with Crippen LogP contribution in [0.15, 0.2) is 54.7 Å². The first-order chi connectivity index (χ1) is 16.0. The molecule has 2 atom stereocenters.